The summed E-state index contributed by atoms with van der Waals surface area (Å²) in [5.41, 5.74) is 0. The summed E-state index contributed by atoms with van der Waals surface area (Å²) in [7, 11) is -3.88. The van der Waals surface area contributed by atoms with Crippen molar-refractivity contribution in [2.45, 2.75) is 29.1 Å². The van der Waals surface area contributed by atoms with E-state index in [9.17, 15) is 17.6 Å². The number of carbonyl (C=O) groups excluding carboxylic acids is 1. The molecule has 6 nitrogen and oxygen atoms in total. The van der Waals surface area contributed by atoms with Crippen molar-refractivity contribution in [3.63, 3.8) is 0 Å². The molecule has 0 saturated carbocycles. The molecule has 1 aromatic heterocycles. The van der Waals surface area contributed by atoms with Gasteiger partial charge in [0.1, 0.15) is 22.9 Å². The van der Waals surface area contributed by atoms with Crippen LogP contribution in [0, 0.1) is 5.82 Å². The lowest BCUT2D eigenvalue weighted by Gasteiger charge is -2.18. The van der Waals surface area contributed by atoms with Crippen LogP contribution in [0.3, 0.4) is 0 Å². The van der Waals surface area contributed by atoms with Gasteiger partial charge in [-0.2, -0.15) is 0 Å². The highest BCUT2D eigenvalue weighted by Crippen LogP contribution is 2.29. The molecule has 0 bridgehead atoms. The monoisotopic (exact) mass is 367 g/mol. The quantitative estimate of drug-likeness (QED) is 0.792. The number of carbonyl (C=O) groups is 1. The first kappa shape index (κ1) is 17.6. The van der Waals surface area contributed by atoms with Crippen molar-refractivity contribution in [2.24, 2.45) is 0 Å². The topological polar surface area (TPSA) is 85.6 Å². The number of furan rings is 1. The van der Waals surface area contributed by atoms with E-state index in [4.69, 9.17) is 9.15 Å². The first-order valence-electron chi connectivity index (χ1n) is 7.90. The van der Waals surface area contributed by atoms with Crippen LogP contribution in [0.15, 0.2) is 52.0 Å². The van der Waals surface area contributed by atoms with E-state index >= 15 is 0 Å². The van der Waals surface area contributed by atoms with Crippen LogP contribution >= 0.6 is 0 Å². The van der Waals surface area contributed by atoms with E-state index in [1.54, 1.807) is 6.07 Å². The van der Waals surface area contributed by atoms with Crippen LogP contribution in [0.4, 0.5) is 4.39 Å². The van der Waals surface area contributed by atoms with E-state index in [-0.39, 0.29) is 23.1 Å². The van der Waals surface area contributed by atoms with E-state index in [0.29, 0.717) is 13.0 Å². The molecule has 8 heteroatoms. The predicted octanol–water partition coefficient (Wildman–Crippen LogP) is 2.23. The summed E-state index contributed by atoms with van der Waals surface area (Å²) in [6.07, 6.45) is 2.23. The molecule has 1 saturated heterocycles. The molecule has 25 heavy (non-hydrogen) atoms. The molecule has 134 valence electrons. The van der Waals surface area contributed by atoms with Crippen LogP contribution in [-0.4, -0.2) is 33.6 Å². The summed E-state index contributed by atoms with van der Waals surface area (Å²) in [5, 5.41) is 1.51. The highest BCUT2D eigenvalue weighted by Gasteiger charge is 2.33. The van der Waals surface area contributed by atoms with Gasteiger partial charge in [-0.15, -0.1) is 0 Å². The fourth-order valence-electron chi connectivity index (χ4n) is 2.72. The highest BCUT2D eigenvalue weighted by atomic mass is 32.2. The predicted molar refractivity (Wildman–Crippen MR) is 87.0 cm³/mol. The summed E-state index contributed by atoms with van der Waals surface area (Å²) in [5.74, 6) is -0.666. The zero-order chi connectivity index (χ0) is 17.9. The van der Waals surface area contributed by atoms with Gasteiger partial charge in [0.25, 0.3) is 0 Å². The first-order valence-corrected chi connectivity index (χ1v) is 9.45. The number of hydrogen-bond donors (Lipinski definition) is 1. The number of benzene rings is 1. The Bertz CT molecular complexity index is 811. The third-order valence-electron chi connectivity index (χ3n) is 4.06. The molecule has 0 radical (unpaired) electrons. The summed E-state index contributed by atoms with van der Waals surface area (Å²) in [6, 6.07) is 7.66. The minimum absolute atomic E-state index is 0.0401. The Balaban J connectivity index is 1.82. The van der Waals surface area contributed by atoms with Crippen LogP contribution in [0.5, 0.6) is 0 Å². The second-order valence-corrected chi connectivity index (χ2v) is 7.88. The average molecular weight is 367 g/mol. The van der Waals surface area contributed by atoms with Crippen molar-refractivity contribution in [1.82, 2.24) is 5.32 Å². The molecule has 1 aliphatic rings. The molecule has 2 aromatic rings. The number of sulfone groups is 1. The van der Waals surface area contributed by atoms with Crippen LogP contribution in [0.25, 0.3) is 0 Å². The number of amides is 1. The summed E-state index contributed by atoms with van der Waals surface area (Å²) < 4.78 is 49.5. The SMILES string of the molecule is O=C(NCC(c1ccco1)S(=O)(=O)c1ccc(F)cc1)C1CCCO1. The van der Waals surface area contributed by atoms with Gasteiger partial charge < -0.3 is 14.5 Å². The van der Waals surface area contributed by atoms with Gasteiger partial charge in [-0.3, -0.25) is 4.79 Å². The Morgan fingerprint density at radius 1 is 1.28 bits per heavy atom. The third-order valence-corrected chi connectivity index (χ3v) is 6.14. The van der Waals surface area contributed by atoms with Crippen molar-refractivity contribution in [3.05, 3.63) is 54.2 Å². The molecule has 2 atom stereocenters. The molecule has 3 rings (SSSR count). The van der Waals surface area contributed by atoms with Gasteiger partial charge in [0.2, 0.25) is 5.91 Å². The fourth-order valence-corrected chi connectivity index (χ4v) is 4.30. The van der Waals surface area contributed by atoms with Crippen molar-refractivity contribution >= 4 is 15.7 Å². The number of rotatable bonds is 6. The van der Waals surface area contributed by atoms with Crippen LogP contribution < -0.4 is 5.32 Å². The second kappa shape index (κ2) is 7.37. The second-order valence-electron chi connectivity index (χ2n) is 5.75. The van der Waals surface area contributed by atoms with Crippen molar-refractivity contribution in [3.8, 4) is 0 Å². The Kier molecular flexibility index (Phi) is 5.19. The molecule has 2 heterocycles. The van der Waals surface area contributed by atoms with Crippen molar-refractivity contribution < 1.29 is 26.8 Å². The number of hydrogen-bond acceptors (Lipinski definition) is 5. The number of halogens is 1. The lowest BCUT2D eigenvalue weighted by atomic mass is 10.2. The van der Waals surface area contributed by atoms with Gasteiger partial charge in [0.15, 0.2) is 9.84 Å². The van der Waals surface area contributed by atoms with E-state index in [1.807, 2.05) is 0 Å². The highest BCUT2D eigenvalue weighted by molar-refractivity contribution is 7.91. The average Bonchev–Trinajstić information content (AvgIpc) is 3.29. The molecule has 1 aromatic carbocycles. The van der Waals surface area contributed by atoms with E-state index < -0.39 is 27.0 Å². The normalized spacial score (nSPS) is 18.8. The summed E-state index contributed by atoms with van der Waals surface area (Å²) in [6.45, 7) is 0.361. The fraction of sp³-hybridized carbons (Fsp3) is 0.353. The van der Waals surface area contributed by atoms with E-state index in [1.165, 1.54) is 24.5 Å². The smallest absolute Gasteiger partial charge is 0.249 e. The van der Waals surface area contributed by atoms with Gasteiger partial charge in [-0.25, -0.2) is 12.8 Å². The zero-order valence-corrected chi connectivity index (χ0v) is 14.2. The van der Waals surface area contributed by atoms with Crippen LogP contribution in [0.2, 0.25) is 0 Å². The number of nitrogens with one attached hydrogen (secondary N) is 1. The third kappa shape index (κ3) is 3.91. The van der Waals surface area contributed by atoms with Crippen molar-refractivity contribution in [2.75, 3.05) is 13.2 Å². The maximum Gasteiger partial charge on any atom is 0.249 e. The molecular formula is C17H18FNO5S. The van der Waals surface area contributed by atoms with E-state index in [2.05, 4.69) is 5.32 Å². The van der Waals surface area contributed by atoms with Gasteiger partial charge >= 0.3 is 0 Å². The van der Waals surface area contributed by atoms with Crippen molar-refractivity contribution in [1.29, 1.82) is 0 Å². The van der Waals surface area contributed by atoms with Gasteiger partial charge in [-0.05, 0) is 49.2 Å². The molecule has 1 N–H and O–H groups in total. The minimum atomic E-state index is -3.88. The van der Waals surface area contributed by atoms with E-state index in [0.717, 1.165) is 18.6 Å². The Hall–Kier alpha value is -2.19. The summed E-state index contributed by atoms with van der Waals surface area (Å²) >= 11 is 0. The minimum Gasteiger partial charge on any atom is -0.468 e. The summed E-state index contributed by atoms with van der Waals surface area (Å²) in [4.78, 5) is 12.1. The standard InChI is InChI=1S/C17H18FNO5S/c18-12-5-7-13(8-6-12)25(21,22)16(14-3-1-9-23-14)11-19-17(20)15-4-2-10-24-15/h1,3,5-9,15-16H,2,4,10-11H2,(H,19,20). The Morgan fingerprint density at radius 2 is 2.04 bits per heavy atom. The molecule has 1 aliphatic heterocycles. The molecule has 0 spiro atoms. The number of ether oxygens (including phenoxy) is 1. The van der Waals surface area contributed by atoms with Gasteiger partial charge in [0.05, 0.1) is 11.2 Å². The zero-order valence-electron chi connectivity index (χ0n) is 13.4. The van der Waals surface area contributed by atoms with Crippen LogP contribution in [0.1, 0.15) is 23.9 Å². The lowest BCUT2D eigenvalue weighted by molar-refractivity contribution is -0.130. The molecular weight excluding hydrogens is 349 g/mol. The largest absolute Gasteiger partial charge is 0.468 e. The Morgan fingerprint density at radius 3 is 2.64 bits per heavy atom. The molecule has 1 fully saturated rings. The lowest BCUT2D eigenvalue weighted by Crippen LogP contribution is -2.38. The maximum atomic E-state index is 13.1. The van der Waals surface area contributed by atoms with Crippen LogP contribution in [-0.2, 0) is 19.4 Å². The maximum absolute atomic E-state index is 13.1. The molecule has 0 aliphatic carbocycles. The first-order chi connectivity index (χ1) is 12.0. The van der Waals surface area contributed by atoms with Gasteiger partial charge in [-0.1, -0.05) is 0 Å². The molecule has 2 unspecified atom stereocenters. The Labute approximate surface area is 144 Å². The van der Waals surface area contributed by atoms with Gasteiger partial charge in [0, 0.05) is 13.2 Å². The molecule has 1 amide bonds.